The first-order chi connectivity index (χ1) is 10.1. The molecular weight excluding hydrogens is 310 g/mol. The number of rotatable bonds is 4. The number of fused-ring (bicyclic) bond motifs is 1. The van der Waals surface area contributed by atoms with Crippen LogP contribution in [0.5, 0.6) is 0 Å². The Kier molecular flexibility index (Phi) is 4.10. The van der Waals surface area contributed by atoms with E-state index < -0.39 is 5.97 Å². The van der Waals surface area contributed by atoms with Crippen molar-refractivity contribution in [3.05, 3.63) is 23.2 Å². The summed E-state index contributed by atoms with van der Waals surface area (Å²) in [7, 11) is 2.09. The first kappa shape index (κ1) is 14.7. The number of carbonyl (C=O) groups is 1. The van der Waals surface area contributed by atoms with E-state index in [1.165, 1.54) is 11.8 Å². The Bertz CT molecular complexity index is 688. The van der Waals surface area contributed by atoms with Gasteiger partial charge in [0.2, 0.25) is 0 Å². The molecule has 0 spiro atoms. The van der Waals surface area contributed by atoms with Crippen LogP contribution in [0, 0.1) is 0 Å². The fraction of sp³-hybridized carbons (Fsp3) is 0.429. The summed E-state index contributed by atoms with van der Waals surface area (Å²) in [5.74, 6) is -0.836. The molecule has 1 N–H and O–H groups in total. The zero-order valence-electron chi connectivity index (χ0n) is 11.6. The van der Waals surface area contributed by atoms with Gasteiger partial charge in [0.25, 0.3) is 0 Å². The monoisotopic (exact) mass is 325 g/mol. The molecule has 1 unspecified atom stereocenters. The van der Waals surface area contributed by atoms with E-state index in [0.29, 0.717) is 11.1 Å². The van der Waals surface area contributed by atoms with Gasteiger partial charge in [0.15, 0.2) is 5.16 Å². The molecule has 1 atom stereocenters. The lowest BCUT2D eigenvalue weighted by atomic mass is 10.2. The molecule has 0 saturated carbocycles. The van der Waals surface area contributed by atoms with Gasteiger partial charge < -0.3 is 14.6 Å². The lowest BCUT2D eigenvalue weighted by molar-refractivity contribution is -0.133. The van der Waals surface area contributed by atoms with Gasteiger partial charge in [-0.05, 0) is 32.1 Å². The zero-order chi connectivity index (χ0) is 15.0. The molecule has 2 heterocycles. The molecular formula is C14H16ClN3O2S. The molecule has 0 radical (unpaired) electrons. The number of hydrogen-bond acceptors (Lipinski definition) is 4. The van der Waals surface area contributed by atoms with Crippen molar-refractivity contribution in [1.82, 2.24) is 14.5 Å². The van der Waals surface area contributed by atoms with Crippen molar-refractivity contribution in [3.63, 3.8) is 0 Å². The molecule has 1 aliphatic heterocycles. The molecule has 0 amide bonds. The molecule has 112 valence electrons. The molecule has 0 aliphatic carbocycles. The second kappa shape index (κ2) is 5.87. The highest BCUT2D eigenvalue weighted by atomic mass is 35.5. The SMILES string of the molecule is CN1CCC(n2c(SCC(=O)O)nc3c(Cl)cccc32)C1. The normalized spacial score (nSPS) is 19.4. The van der Waals surface area contributed by atoms with Crippen LogP contribution >= 0.6 is 23.4 Å². The summed E-state index contributed by atoms with van der Waals surface area (Å²) < 4.78 is 2.15. The number of hydrogen-bond donors (Lipinski definition) is 1. The van der Waals surface area contributed by atoms with Gasteiger partial charge in [-0.3, -0.25) is 4.79 Å². The van der Waals surface area contributed by atoms with E-state index in [1.54, 1.807) is 0 Å². The van der Waals surface area contributed by atoms with E-state index in [4.69, 9.17) is 16.7 Å². The average molecular weight is 326 g/mol. The second-order valence-electron chi connectivity index (χ2n) is 5.26. The molecule has 7 heteroatoms. The number of likely N-dealkylation sites (N-methyl/N-ethyl adjacent to an activating group) is 1. The number of aliphatic carboxylic acids is 1. The summed E-state index contributed by atoms with van der Waals surface area (Å²) >= 11 is 7.48. The standard InChI is InChI=1S/C14H16ClN3O2S/c1-17-6-5-9(7-17)18-11-4-2-3-10(15)13(11)16-14(18)21-8-12(19)20/h2-4,9H,5-8H2,1H3,(H,19,20). The lowest BCUT2D eigenvalue weighted by Gasteiger charge is -2.16. The predicted molar refractivity (Wildman–Crippen MR) is 84.3 cm³/mol. The predicted octanol–water partition coefficient (Wildman–Crippen LogP) is 2.74. The highest BCUT2D eigenvalue weighted by Crippen LogP contribution is 2.34. The fourth-order valence-corrected chi connectivity index (χ4v) is 3.77. The smallest absolute Gasteiger partial charge is 0.313 e. The van der Waals surface area contributed by atoms with E-state index in [0.717, 1.165) is 35.7 Å². The lowest BCUT2D eigenvalue weighted by Crippen LogP contribution is -2.17. The van der Waals surface area contributed by atoms with Crippen molar-refractivity contribution in [2.75, 3.05) is 25.9 Å². The van der Waals surface area contributed by atoms with Gasteiger partial charge in [0.1, 0.15) is 5.52 Å². The maximum absolute atomic E-state index is 10.8. The van der Waals surface area contributed by atoms with Crippen molar-refractivity contribution in [2.24, 2.45) is 0 Å². The number of nitrogens with zero attached hydrogens (tertiary/aromatic N) is 3. The van der Waals surface area contributed by atoms with Crippen LogP contribution in [0.4, 0.5) is 0 Å². The van der Waals surface area contributed by atoms with E-state index in [9.17, 15) is 4.79 Å². The molecule has 2 aromatic rings. The van der Waals surface area contributed by atoms with Gasteiger partial charge in [-0.1, -0.05) is 29.4 Å². The maximum Gasteiger partial charge on any atom is 0.313 e. The first-order valence-electron chi connectivity index (χ1n) is 6.76. The molecule has 1 aromatic carbocycles. The van der Waals surface area contributed by atoms with Crippen molar-refractivity contribution < 1.29 is 9.90 Å². The minimum absolute atomic E-state index is 0.00347. The van der Waals surface area contributed by atoms with E-state index in [2.05, 4.69) is 21.5 Å². The fourth-order valence-electron chi connectivity index (χ4n) is 2.77. The molecule has 1 fully saturated rings. The van der Waals surface area contributed by atoms with Crippen LogP contribution in [0.2, 0.25) is 5.02 Å². The van der Waals surface area contributed by atoms with Crippen molar-refractivity contribution in [3.8, 4) is 0 Å². The molecule has 1 saturated heterocycles. The zero-order valence-corrected chi connectivity index (χ0v) is 13.2. The number of carboxylic acid groups (broad SMARTS) is 1. The summed E-state index contributed by atoms with van der Waals surface area (Å²) in [5, 5.41) is 10.3. The number of halogens is 1. The highest BCUT2D eigenvalue weighted by molar-refractivity contribution is 7.99. The number of para-hydroxylation sites is 1. The Labute approximate surface area is 131 Å². The molecule has 0 bridgehead atoms. The Morgan fingerprint density at radius 3 is 3.05 bits per heavy atom. The van der Waals surface area contributed by atoms with Gasteiger partial charge in [-0.15, -0.1) is 0 Å². The van der Waals surface area contributed by atoms with E-state index in [-0.39, 0.29) is 5.75 Å². The van der Waals surface area contributed by atoms with Crippen LogP contribution in [0.1, 0.15) is 12.5 Å². The van der Waals surface area contributed by atoms with Gasteiger partial charge in [0, 0.05) is 6.54 Å². The molecule has 21 heavy (non-hydrogen) atoms. The van der Waals surface area contributed by atoms with Gasteiger partial charge in [-0.2, -0.15) is 0 Å². The van der Waals surface area contributed by atoms with Crippen LogP contribution < -0.4 is 0 Å². The quantitative estimate of drug-likeness (QED) is 0.876. The summed E-state index contributed by atoms with van der Waals surface area (Å²) in [6, 6.07) is 6.03. The third-order valence-electron chi connectivity index (χ3n) is 3.69. The third kappa shape index (κ3) is 2.88. The van der Waals surface area contributed by atoms with Crippen LogP contribution in [0.15, 0.2) is 23.4 Å². The molecule has 3 rings (SSSR count). The molecule has 5 nitrogen and oxygen atoms in total. The summed E-state index contributed by atoms with van der Waals surface area (Å²) in [6.45, 7) is 1.98. The van der Waals surface area contributed by atoms with Gasteiger partial charge in [-0.25, -0.2) is 4.98 Å². The van der Waals surface area contributed by atoms with Gasteiger partial charge >= 0.3 is 5.97 Å². The highest BCUT2D eigenvalue weighted by Gasteiger charge is 2.26. The summed E-state index contributed by atoms with van der Waals surface area (Å²) in [5.41, 5.74) is 1.73. The maximum atomic E-state index is 10.8. The van der Waals surface area contributed by atoms with Gasteiger partial charge in [0.05, 0.1) is 22.3 Å². The van der Waals surface area contributed by atoms with Crippen LogP contribution in [0.3, 0.4) is 0 Å². The van der Waals surface area contributed by atoms with E-state index >= 15 is 0 Å². The largest absolute Gasteiger partial charge is 0.481 e. The second-order valence-corrected chi connectivity index (χ2v) is 6.61. The number of thioether (sulfide) groups is 1. The van der Waals surface area contributed by atoms with Crippen molar-refractivity contribution >= 4 is 40.4 Å². The Balaban J connectivity index is 2.06. The average Bonchev–Trinajstić information content (AvgIpc) is 3.00. The number of benzene rings is 1. The Hall–Kier alpha value is -1.24. The van der Waals surface area contributed by atoms with Crippen LogP contribution in [0.25, 0.3) is 11.0 Å². The van der Waals surface area contributed by atoms with Crippen LogP contribution in [-0.4, -0.2) is 51.4 Å². The number of likely N-dealkylation sites (tertiary alicyclic amines) is 1. The molecule has 1 aliphatic rings. The Morgan fingerprint density at radius 2 is 2.38 bits per heavy atom. The Morgan fingerprint density at radius 1 is 1.57 bits per heavy atom. The molecule has 1 aromatic heterocycles. The number of carboxylic acids is 1. The minimum Gasteiger partial charge on any atom is -0.481 e. The topological polar surface area (TPSA) is 58.4 Å². The van der Waals surface area contributed by atoms with Crippen molar-refractivity contribution in [1.29, 1.82) is 0 Å². The summed E-state index contributed by atoms with van der Waals surface area (Å²) in [6.07, 6.45) is 1.04. The van der Waals surface area contributed by atoms with E-state index in [1.807, 2.05) is 18.2 Å². The number of aromatic nitrogens is 2. The number of imidazole rings is 1. The van der Waals surface area contributed by atoms with Crippen molar-refractivity contribution in [2.45, 2.75) is 17.6 Å². The van der Waals surface area contributed by atoms with Crippen LogP contribution in [-0.2, 0) is 4.79 Å². The third-order valence-corrected chi connectivity index (χ3v) is 4.94. The minimum atomic E-state index is -0.840. The first-order valence-corrected chi connectivity index (χ1v) is 8.12. The summed E-state index contributed by atoms with van der Waals surface area (Å²) in [4.78, 5) is 17.7.